The van der Waals surface area contributed by atoms with E-state index in [1.807, 2.05) is 0 Å². The van der Waals surface area contributed by atoms with Gasteiger partial charge < -0.3 is 15.0 Å². The highest BCUT2D eigenvalue weighted by molar-refractivity contribution is 5.63. The molecule has 0 fully saturated rings. The van der Waals surface area contributed by atoms with Crippen molar-refractivity contribution in [3.8, 4) is 0 Å². The van der Waals surface area contributed by atoms with Crippen molar-refractivity contribution in [3.63, 3.8) is 0 Å². The Bertz CT molecular complexity index is 229. The Morgan fingerprint density at radius 1 is 0.810 bits per heavy atom. The molecule has 1 unspecified atom stereocenters. The van der Waals surface area contributed by atoms with E-state index in [2.05, 4.69) is 6.92 Å². The number of aliphatic hydroxyl groups is 1. The Morgan fingerprint density at radius 3 is 1.71 bits per heavy atom. The molecule has 126 valence electrons. The van der Waals surface area contributed by atoms with Crippen LogP contribution < -0.4 is 5.11 Å². The first-order valence-electron chi connectivity index (χ1n) is 9.04. The first kappa shape index (κ1) is 20.4. The van der Waals surface area contributed by atoms with Gasteiger partial charge in [0.25, 0.3) is 0 Å². The lowest BCUT2D eigenvalue weighted by Crippen LogP contribution is -2.21. The molecule has 0 aromatic rings. The fraction of sp³-hybridized carbons (Fsp3) is 0.944. The Labute approximate surface area is 131 Å². The van der Waals surface area contributed by atoms with Gasteiger partial charge in [-0.2, -0.15) is 0 Å². The third-order valence-corrected chi connectivity index (χ3v) is 4.06. The van der Waals surface area contributed by atoms with Crippen LogP contribution in [0.1, 0.15) is 103 Å². The van der Waals surface area contributed by atoms with Gasteiger partial charge in [0.1, 0.15) is 0 Å². The lowest BCUT2D eigenvalue weighted by Gasteiger charge is -2.10. The Balaban J connectivity index is 3.16. The molecule has 0 aromatic carbocycles. The molecule has 0 spiro atoms. The molecule has 0 aliphatic heterocycles. The fourth-order valence-corrected chi connectivity index (χ4v) is 2.66. The highest BCUT2D eigenvalue weighted by atomic mass is 16.4. The van der Waals surface area contributed by atoms with Gasteiger partial charge in [-0.05, 0) is 25.7 Å². The van der Waals surface area contributed by atoms with Crippen molar-refractivity contribution in [2.75, 3.05) is 0 Å². The molecule has 1 N–H and O–H groups in total. The maximum absolute atomic E-state index is 10.2. The van der Waals surface area contributed by atoms with Gasteiger partial charge in [0.15, 0.2) is 0 Å². The number of aliphatic hydroxyl groups excluding tert-OH is 1. The van der Waals surface area contributed by atoms with E-state index in [9.17, 15) is 15.0 Å². The molecule has 0 radical (unpaired) electrons. The number of hydrogen-bond donors (Lipinski definition) is 1. The van der Waals surface area contributed by atoms with Crippen LogP contribution in [0.25, 0.3) is 0 Å². The van der Waals surface area contributed by atoms with Crippen LogP contribution in [0, 0.1) is 0 Å². The van der Waals surface area contributed by atoms with E-state index in [1.165, 1.54) is 44.9 Å². The molecule has 0 heterocycles. The third-order valence-electron chi connectivity index (χ3n) is 4.06. The summed E-state index contributed by atoms with van der Waals surface area (Å²) in [6.45, 7) is 2.24. The van der Waals surface area contributed by atoms with Crippen molar-refractivity contribution in [1.82, 2.24) is 0 Å². The minimum absolute atomic E-state index is 0.161. The zero-order chi connectivity index (χ0) is 15.8. The number of carbonyl (C=O) groups is 1. The maximum Gasteiger partial charge on any atom is 0.0540 e. The van der Waals surface area contributed by atoms with E-state index in [0.717, 1.165) is 38.5 Å². The quantitative estimate of drug-likeness (QED) is 0.439. The first-order valence-corrected chi connectivity index (χ1v) is 9.04. The van der Waals surface area contributed by atoms with Crippen LogP contribution in [0.15, 0.2) is 0 Å². The predicted molar refractivity (Wildman–Crippen MR) is 85.9 cm³/mol. The Hall–Kier alpha value is -0.570. The van der Waals surface area contributed by atoms with E-state index in [0.29, 0.717) is 6.42 Å². The second kappa shape index (κ2) is 15.8. The SMILES string of the molecule is CCCCCCCCCCC(O)CCCCCCC(=O)[O-]. The van der Waals surface area contributed by atoms with E-state index in [4.69, 9.17) is 0 Å². The summed E-state index contributed by atoms with van der Waals surface area (Å²) < 4.78 is 0. The molecule has 0 saturated carbocycles. The summed E-state index contributed by atoms with van der Waals surface area (Å²) in [6, 6.07) is 0. The highest BCUT2D eigenvalue weighted by Gasteiger charge is 2.03. The van der Waals surface area contributed by atoms with E-state index in [-0.39, 0.29) is 12.5 Å². The molecule has 0 aliphatic carbocycles. The Morgan fingerprint density at radius 2 is 1.24 bits per heavy atom. The summed E-state index contributed by atoms with van der Waals surface area (Å²) in [7, 11) is 0. The zero-order valence-electron chi connectivity index (χ0n) is 13.9. The van der Waals surface area contributed by atoms with Crippen LogP contribution in [0.5, 0.6) is 0 Å². The largest absolute Gasteiger partial charge is 0.550 e. The summed E-state index contributed by atoms with van der Waals surface area (Å²) in [5.41, 5.74) is 0. The van der Waals surface area contributed by atoms with Crippen molar-refractivity contribution in [3.05, 3.63) is 0 Å². The first-order chi connectivity index (χ1) is 10.2. The van der Waals surface area contributed by atoms with Gasteiger partial charge in [0.05, 0.1) is 6.10 Å². The zero-order valence-corrected chi connectivity index (χ0v) is 13.9. The third kappa shape index (κ3) is 17.4. The number of carboxylic acids is 1. The van der Waals surface area contributed by atoms with Crippen LogP contribution in [0.2, 0.25) is 0 Å². The second-order valence-electron chi connectivity index (χ2n) is 6.24. The van der Waals surface area contributed by atoms with Gasteiger partial charge >= 0.3 is 0 Å². The lowest BCUT2D eigenvalue weighted by molar-refractivity contribution is -0.305. The van der Waals surface area contributed by atoms with Crippen LogP contribution in [-0.2, 0) is 4.79 Å². The maximum atomic E-state index is 10.2. The Kier molecular flexibility index (Phi) is 15.4. The summed E-state index contributed by atoms with van der Waals surface area (Å²) in [6.07, 6.45) is 15.9. The number of rotatable bonds is 16. The summed E-state index contributed by atoms with van der Waals surface area (Å²) >= 11 is 0. The van der Waals surface area contributed by atoms with Gasteiger partial charge in [-0.15, -0.1) is 0 Å². The van der Waals surface area contributed by atoms with Gasteiger partial charge in [0.2, 0.25) is 0 Å². The van der Waals surface area contributed by atoms with Crippen molar-refractivity contribution >= 4 is 5.97 Å². The van der Waals surface area contributed by atoms with Crippen molar-refractivity contribution < 1.29 is 15.0 Å². The average Bonchev–Trinajstić information content (AvgIpc) is 2.45. The van der Waals surface area contributed by atoms with Crippen LogP contribution in [0.4, 0.5) is 0 Å². The summed E-state index contributed by atoms with van der Waals surface area (Å²) in [5.74, 6) is -0.954. The molecule has 3 heteroatoms. The standard InChI is InChI=1S/C18H36O3/c1-2-3-4-5-6-7-8-11-14-17(19)15-12-9-10-13-16-18(20)21/h17,19H,2-16H2,1H3,(H,20,21)/p-1. The molecule has 0 bridgehead atoms. The lowest BCUT2D eigenvalue weighted by atomic mass is 10.0. The molecule has 0 rings (SSSR count). The minimum Gasteiger partial charge on any atom is -0.550 e. The minimum atomic E-state index is -0.954. The number of carboxylic acid groups (broad SMARTS) is 1. The number of aliphatic carboxylic acids is 1. The molecular formula is C18H35O3-. The van der Waals surface area contributed by atoms with E-state index >= 15 is 0 Å². The molecule has 0 aromatic heterocycles. The van der Waals surface area contributed by atoms with Gasteiger partial charge in [-0.25, -0.2) is 0 Å². The normalized spacial score (nSPS) is 12.5. The van der Waals surface area contributed by atoms with Gasteiger partial charge in [-0.3, -0.25) is 0 Å². The second-order valence-corrected chi connectivity index (χ2v) is 6.24. The predicted octanol–water partition coefficient (Wildman–Crippen LogP) is 3.97. The van der Waals surface area contributed by atoms with Crippen LogP contribution >= 0.6 is 0 Å². The monoisotopic (exact) mass is 299 g/mol. The average molecular weight is 299 g/mol. The number of unbranched alkanes of at least 4 members (excludes halogenated alkanes) is 10. The highest BCUT2D eigenvalue weighted by Crippen LogP contribution is 2.14. The summed E-state index contributed by atoms with van der Waals surface area (Å²) in [5, 5.41) is 20.1. The van der Waals surface area contributed by atoms with E-state index < -0.39 is 5.97 Å². The van der Waals surface area contributed by atoms with E-state index in [1.54, 1.807) is 0 Å². The number of hydrogen-bond acceptors (Lipinski definition) is 3. The molecular weight excluding hydrogens is 264 g/mol. The van der Waals surface area contributed by atoms with Crippen LogP contribution in [-0.4, -0.2) is 17.2 Å². The summed E-state index contributed by atoms with van der Waals surface area (Å²) in [4.78, 5) is 10.2. The van der Waals surface area contributed by atoms with Crippen LogP contribution in [0.3, 0.4) is 0 Å². The molecule has 0 saturated heterocycles. The molecule has 1 atom stereocenters. The van der Waals surface area contributed by atoms with Crippen molar-refractivity contribution in [2.24, 2.45) is 0 Å². The fourth-order valence-electron chi connectivity index (χ4n) is 2.66. The molecule has 3 nitrogen and oxygen atoms in total. The van der Waals surface area contributed by atoms with Crippen molar-refractivity contribution in [2.45, 2.75) is 109 Å². The van der Waals surface area contributed by atoms with Gasteiger partial charge in [-0.1, -0.05) is 77.6 Å². The molecule has 0 amide bonds. The topological polar surface area (TPSA) is 60.4 Å². The number of carbonyl (C=O) groups excluding carboxylic acids is 1. The van der Waals surface area contributed by atoms with Gasteiger partial charge in [0, 0.05) is 5.97 Å². The molecule has 0 aliphatic rings. The molecule has 21 heavy (non-hydrogen) atoms. The van der Waals surface area contributed by atoms with Crippen molar-refractivity contribution in [1.29, 1.82) is 0 Å². The smallest absolute Gasteiger partial charge is 0.0540 e.